The number of esters is 1. The molecule has 0 saturated heterocycles. The highest BCUT2D eigenvalue weighted by Gasteiger charge is 2.16. The number of carbonyl (C=O) groups is 2. The average Bonchev–Trinajstić information content (AvgIpc) is 2.72. The molecular formula is C22H24O3S. The number of thioether (sulfide) groups is 1. The zero-order valence-electron chi connectivity index (χ0n) is 14.9. The summed E-state index contributed by atoms with van der Waals surface area (Å²) in [5, 5.41) is 0.567. The lowest BCUT2D eigenvalue weighted by molar-refractivity contribution is -0.139. The van der Waals surface area contributed by atoms with Crippen LogP contribution in [0.3, 0.4) is 0 Å². The summed E-state index contributed by atoms with van der Waals surface area (Å²) >= 11 is 1.67. The van der Waals surface area contributed by atoms with Gasteiger partial charge in [0.15, 0.2) is 12.4 Å². The van der Waals surface area contributed by atoms with Gasteiger partial charge in [0, 0.05) is 10.8 Å². The zero-order chi connectivity index (χ0) is 18.2. The molecular weight excluding hydrogens is 344 g/mol. The topological polar surface area (TPSA) is 43.4 Å². The first-order chi connectivity index (χ1) is 12.7. The Labute approximate surface area is 159 Å². The summed E-state index contributed by atoms with van der Waals surface area (Å²) in [5.74, 6) is -0.124. The minimum absolute atomic E-state index is 0.166. The molecule has 1 aliphatic rings. The minimum Gasteiger partial charge on any atom is -0.457 e. The summed E-state index contributed by atoms with van der Waals surface area (Å²) in [7, 11) is 0. The molecule has 0 unspecified atom stereocenters. The van der Waals surface area contributed by atoms with Crippen molar-refractivity contribution in [2.75, 3.05) is 12.4 Å². The van der Waals surface area contributed by atoms with Gasteiger partial charge in [0.25, 0.3) is 0 Å². The predicted octanol–water partition coefficient (Wildman–Crippen LogP) is 5.15. The van der Waals surface area contributed by atoms with E-state index in [-0.39, 0.29) is 18.4 Å². The van der Waals surface area contributed by atoms with Crippen LogP contribution in [0.4, 0.5) is 0 Å². The van der Waals surface area contributed by atoms with Gasteiger partial charge in [0.05, 0.1) is 5.75 Å². The van der Waals surface area contributed by atoms with E-state index in [1.807, 2.05) is 42.5 Å². The van der Waals surface area contributed by atoms with E-state index in [9.17, 15) is 9.59 Å². The van der Waals surface area contributed by atoms with E-state index in [1.54, 1.807) is 23.9 Å². The van der Waals surface area contributed by atoms with Crippen LogP contribution < -0.4 is 0 Å². The Bertz CT molecular complexity index is 719. The normalized spacial score (nSPS) is 14.8. The monoisotopic (exact) mass is 368 g/mol. The lowest BCUT2D eigenvalue weighted by Gasteiger charge is -2.20. The molecule has 26 heavy (non-hydrogen) atoms. The van der Waals surface area contributed by atoms with E-state index in [1.165, 1.54) is 32.1 Å². The Kier molecular flexibility index (Phi) is 6.89. The molecule has 1 saturated carbocycles. The van der Waals surface area contributed by atoms with Gasteiger partial charge in [-0.1, -0.05) is 73.9 Å². The number of ether oxygens (including phenoxy) is 1. The van der Waals surface area contributed by atoms with Crippen molar-refractivity contribution >= 4 is 23.5 Å². The number of benzene rings is 2. The third-order valence-electron chi connectivity index (χ3n) is 4.67. The van der Waals surface area contributed by atoms with Crippen molar-refractivity contribution in [3.05, 3.63) is 60.2 Å². The highest BCUT2D eigenvalue weighted by Crippen LogP contribution is 2.28. The molecule has 0 aliphatic heterocycles. The molecule has 3 rings (SSSR count). The molecule has 1 aliphatic carbocycles. The van der Waals surface area contributed by atoms with E-state index in [0.717, 1.165) is 11.1 Å². The van der Waals surface area contributed by atoms with E-state index in [4.69, 9.17) is 4.74 Å². The number of rotatable bonds is 7. The van der Waals surface area contributed by atoms with E-state index in [0.29, 0.717) is 16.6 Å². The van der Waals surface area contributed by atoms with Gasteiger partial charge in [-0.2, -0.15) is 0 Å². The first-order valence-electron chi connectivity index (χ1n) is 9.18. The van der Waals surface area contributed by atoms with Crippen molar-refractivity contribution in [1.29, 1.82) is 0 Å². The molecule has 2 aromatic rings. The molecule has 0 aromatic heterocycles. The van der Waals surface area contributed by atoms with Gasteiger partial charge in [0.1, 0.15) is 0 Å². The Morgan fingerprint density at radius 3 is 2.23 bits per heavy atom. The third kappa shape index (κ3) is 5.46. The van der Waals surface area contributed by atoms with Crippen molar-refractivity contribution in [3.63, 3.8) is 0 Å². The van der Waals surface area contributed by atoms with Crippen LogP contribution in [0, 0.1) is 0 Å². The molecule has 0 heterocycles. The van der Waals surface area contributed by atoms with Crippen molar-refractivity contribution < 1.29 is 14.3 Å². The maximum Gasteiger partial charge on any atom is 0.316 e. The highest BCUT2D eigenvalue weighted by molar-refractivity contribution is 8.00. The molecule has 0 amide bonds. The number of carbonyl (C=O) groups excluding carboxylic acids is 2. The highest BCUT2D eigenvalue weighted by atomic mass is 32.2. The molecule has 136 valence electrons. The van der Waals surface area contributed by atoms with Crippen LogP contribution >= 0.6 is 11.8 Å². The molecule has 0 radical (unpaired) electrons. The lowest BCUT2D eigenvalue weighted by Crippen LogP contribution is -2.17. The number of hydrogen-bond acceptors (Lipinski definition) is 4. The summed E-state index contributed by atoms with van der Waals surface area (Å²) in [6.07, 6.45) is 6.18. The van der Waals surface area contributed by atoms with Gasteiger partial charge in [-0.3, -0.25) is 9.59 Å². The fourth-order valence-electron chi connectivity index (χ4n) is 3.17. The zero-order valence-corrected chi connectivity index (χ0v) is 15.7. The Morgan fingerprint density at radius 2 is 1.54 bits per heavy atom. The largest absolute Gasteiger partial charge is 0.457 e. The van der Waals surface area contributed by atoms with E-state index in [2.05, 4.69) is 0 Å². The molecule has 0 N–H and O–H groups in total. The number of Topliss-reactive ketones (excluding diaryl/α,β-unsaturated/α-hetero) is 1. The second kappa shape index (κ2) is 9.58. The fraction of sp³-hybridized carbons (Fsp3) is 0.364. The molecule has 2 aromatic carbocycles. The lowest BCUT2D eigenvalue weighted by atomic mass is 10.0. The van der Waals surface area contributed by atoms with Crippen LogP contribution in [0.25, 0.3) is 11.1 Å². The fourth-order valence-corrected chi connectivity index (χ4v) is 4.29. The smallest absolute Gasteiger partial charge is 0.316 e. The second-order valence-electron chi connectivity index (χ2n) is 6.60. The van der Waals surface area contributed by atoms with E-state index >= 15 is 0 Å². The summed E-state index contributed by atoms with van der Waals surface area (Å²) in [5.41, 5.74) is 2.73. The van der Waals surface area contributed by atoms with Gasteiger partial charge in [-0.15, -0.1) is 11.8 Å². The maximum atomic E-state index is 12.2. The van der Waals surface area contributed by atoms with Gasteiger partial charge in [-0.05, 0) is 24.0 Å². The van der Waals surface area contributed by atoms with Crippen molar-refractivity contribution in [3.8, 4) is 11.1 Å². The van der Waals surface area contributed by atoms with Gasteiger partial charge in [0.2, 0.25) is 0 Å². The number of hydrogen-bond donors (Lipinski definition) is 0. The minimum atomic E-state index is -0.296. The summed E-state index contributed by atoms with van der Waals surface area (Å²) in [6, 6.07) is 17.4. The molecule has 0 atom stereocenters. The van der Waals surface area contributed by atoms with Crippen LogP contribution in [-0.2, 0) is 9.53 Å². The molecule has 1 fully saturated rings. The van der Waals surface area contributed by atoms with Crippen LogP contribution in [0.5, 0.6) is 0 Å². The second-order valence-corrected chi connectivity index (χ2v) is 7.89. The summed E-state index contributed by atoms with van der Waals surface area (Å²) in [6.45, 7) is -0.186. The maximum absolute atomic E-state index is 12.2. The molecule has 4 heteroatoms. The quantitative estimate of drug-likeness (QED) is 0.501. The third-order valence-corrected chi connectivity index (χ3v) is 6.01. The standard InChI is InChI=1S/C22H24O3S/c23-21(15-25-22(24)16-26-20-9-5-2-6-10-20)19-13-11-18(12-14-19)17-7-3-1-4-8-17/h1,3-4,7-8,11-14,20H,2,5-6,9-10,15-16H2. The van der Waals surface area contributed by atoms with Crippen LogP contribution in [0.1, 0.15) is 42.5 Å². The van der Waals surface area contributed by atoms with Crippen LogP contribution in [-0.4, -0.2) is 29.4 Å². The first-order valence-corrected chi connectivity index (χ1v) is 10.2. The Balaban J connectivity index is 1.45. The van der Waals surface area contributed by atoms with Gasteiger partial charge >= 0.3 is 5.97 Å². The molecule has 0 bridgehead atoms. The van der Waals surface area contributed by atoms with Crippen molar-refractivity contribution in [2.24, 2.45) is 0 Å². The van der Waals surface area contributed by atoms with Crippen molar-refractivity contribution in [2.45, 2.75) is 37.4 Å². The van der Waals surface area contributed by atoms with E-state index < -0.39 is 0 Å². The summed E-state index contributed by atoms with van der Waals surface area (Å²) < 4.78 is 5.15. The van der Waals surface area contributed by atoms with Crippen LogP contribution in [0.2, 0.25) is 0 Å². The predicted molar refractivity (Wildman–Crippen MR) is 106 cm³/mol. The molecule has 3 nitrogen and oxygen atoms in total. The van der Waals surface area contributed by atoms with Crippen molar-refractivity contribution in [1.82, 2.24) is 0 Å². The van der Waals surface area contributed by atoms with Gasteiger partial charge in [-0.25, -0.2) is 0 Å². The number of ketones is 1. The summed E-state index contributed by atoms with van der Waals surface area (Å²) in [4.78, 5) is 24.1. The first kappa shape index (κ1) is 18.7. The Morgan fingerprint density at radius 1 is 0.885 bits per heavy atom. The SMILES string of the molecule is O=C(CSC1CCCCC1)OCC(=O)c1ccc(-c2ccccc2)cc1. The Hall–Kier alpha value is -2.07. The van der Waals surface area contributed by atoms with Crippen LogP contribution in [0.15, 0.2) is 54.6 Å². The average molecular weight is 368 g/mol. The van der Waals surface area contributed by atoms with Gasteiger partial charge < -0.3 is 4.74 Å². The molecule has 0 spiro atoms.